The lowest BCUT2D eigenvalue weighted by molar-refractivity contribution is 0.449. The van der Waals surface area contributed by atoms with E-state index in [1.807, 2.05) is 0 Å². The number of hydrogen-bond donors (Lipinski definition) is 1. The molecule has 0 fully saturated rings. The highest BCUT2D eigenvalue weighted by molar-refractivity contribution is 5.86. The van der Waals surface area contributed by atoms with E-state index in [0.29, 0.717) is 5.39 Å². The van der Waals surface area contributed by atoms with Crippen LogP contribution in [0.15, 0.2) is 32.7 Å². The van der Waals surface area contributed by atoms with Crippen LogP contribution >= 0.6 is 0 Å². The Morgan fingerprint density at radius 3 is 3.00 bits per heavy atom. The van der Waals surface area contributed by atoms with Crippen molar-refractivity contribution in [2.75, 3.05) is 0 Å². The molecule has 1 aromatic heterocycles. The number of hydrogen-bond acceptors (Lipinski definition) is 4. The normalized spacial score (nSPS) is 10.3. The van der Waals surface area contributed by atoms with Crippen LogP contribution in [0.5, 0.6) is 0 Å². The van der Waals surface area contributed by atoms with Gasteiger partial charge in [0.05, 0.1) is 5.39 Å². The second-order valence-corrected chi connectivity index (χ2v) is 2.28. The molecule has 0 atom stereocenters. The van der Waals surface area contributed by atoms with E-state index >= 15 is 0 Å². The van der Waals surface area contributed by atoms with Gasteiger partial charge in [0.25, 0.3) is 5.56 Å². The van der Waals surface area contributed by atoms with Gasteiger partial charge in [-0.25, -0.2) is 0 Å². The van der Waals surface area contributed by atoms with Gasteiger partial charge in [0.2, 0.25) is 0 Å². The van der Waals surface area contributed by atoms with Gasteiger partial charge in [0.15, 0.2) is 11.3 Å². The van der Waals surface area contributed by atoms with Crippen LogP contribution in [0, 0.1) is 4.91 Å². The summed E-state index contributed by atoms with van der Waals surface area (Å²) in [5.41, 5.74) is -0.0150. The molecule has 0 radical (unpaired) electrons. The Bertz CT molecular complexity index is 483. The Kier molecular flexibility index (Phi) is 1.30. The lowest BCUT2D eigenvalue weighted by atomic mass is 10.2. The first kappa shape index (κ1) is 6.78. The van der Waals surface area contributed by atoms with Crippen molar-refractivity contribution < 1.29 is 4.52 Å². The van der Waals surface area contributed by atoms with Crippen molar-refractivity contribution in [3.8, 4) is 0 Å². The average molecular weight is 164 g/mol. The largest absolute Gasteiger partial charge is 0.376 e. The standard InChI is InChI=1S/C7H4N2O3/c10-7-4-2-1-3-5(8-11)6(4)12-9-7/h1-3H,(H,9,10). The van der Waals surface area contributed by atoms with Crippen molar-refractivity contribution in [1.29, 1.82) is 0 Å². The van der Waals surface area contributed by atoms with Crippen molar-refractivity contribution in [3.63, 3.8) is 0 Å². The van der Waals surface area contributed by atoms with Crippen LogP contribution in [0.25, 0.3) is 11.0 Å². The van der Waals surface area contributed by atoms with Crippen molar-refractivity contribution in [2.45, 2.75) is 0 Å². The minimum Gasteiger partial charge on any atom is -0.376 e. The van der Waals surface area contributed by atoms with E-state index in [0.717, 1.165) is 0 Å². The van der Waals surface area contributed by atoms with Gasteiger partial charge in [-0.15, -0.1) is 4.91 Å². The van der Waals surface area contributed by atoms with Crippen LogP contribution in [0.4, 0.5) is 5.69 Å². The first-order valence-electron chi connectivity index (χ1n) is 3.26. The molecule has 60 valence electrons. The molecule has 0 spiro atoms. The zero-order valence-corrected chi connectivity index (χ0v) is 5.90. The Morgan fingerprint density at radius 1 is 1.42 bits per heavy atom. The van der Waals surface area contributed by atoms with Crippen LogP contribution in [-0.4, -0.2) is 5.16 Å². The Morgan fingerprint density at radius 2 is 2.25 bits per heavy atom. The predicted molar refractivity (Wildman–Crippen MR) is 42.3 cm³/mol. The third kappa shape index (κ3) is 0.763. The maximum absolute atomic E-state index is 11.0. The number of nitrogens with one attached hydrogen (secondary N) is 1. The molecule has 0 saturated carbocycles. The van der Waals surface area contributed by atoms with E-state index in [9.17, 15) is 9.70 Å². The number of fused-ring (bicyclic) bond motifs is 1. The zero-order valence-electron chi connectivity index (χ0n) is 5.90. The summed E-state index contributed by atoms with van der Waals surface area (Å²) in [6.45, 7) is 0. The summed E-state index contributed by atoms with van der Waals surface area (Å²) in [4.78, 5) is 21.2. The third-order valence-electron chi connectivity index (χ3n) is 1.58. The lowest BCUT2D eigenvalue weighted by Gasteiger charge is -1.86. The summed E-state index contributed by atoms with van der Waals surface area (Å²) in [5.74, 6) is 0. The molecule has 1 heterocycles. The van der Waals surface area contributed by atoms with Gasteiger partial charge < -0.3 is 4.52 Å². The summed E-state index contributed by atoms with van der Waals surface area (Å²) in [6.07, 6.45) is 0. The number of aromatic amines is 1. The van der Waals surface area contributed by atoms with Crippen molar-refractivity contribution in [3.05, 3.63) is 33.5 Å². The molecule has 0 unspecified atom stereocenters. The van der Waals surface area contributed by atoms with Gasteiger partial charge in [0, 0.05) is 0 Å². The molecule has 2 rings (SSSR count). The second-order valence-electron chi connectivity index (χ2n) is 2.28. The van der Waals surface area contributed by atoms with Gasteiger partial charge in [0.1, 0.15) is 0 Å². The molecular formula is C7H4N2O3. The fourth-order valence-corrected chi connectivity index (χ4v) is 1.04. The predicted octanol–water partition coefficient (Wildman–Crippen LogP) is 1.52. The molecule has 0 bridgehead atoms. The molecule has 5 heteroatoms. The zero-order chi connectivity index (χ0) is 8.55. The quantitative estimate of drug-likeness (QED) is 0.649. The molecule has 0 aliphatic heterocycles. The number of para-hydroxylation sites is 1. The molecule has 0 saturated heterocycles. The molecule has 1 aromatic carbocycles. The number of rotatable bonds is 1. The molecule has 0 aliphatic rings. The van der Waals surface area contributed by atoms with Crippen LogP contribution in [0.3, 0.4) is 0 Å². The maximum Gasteiger partial charge on any atom is 0.287 e. The Hall–Kier alpha value is -1.91. The van der Waals surface area contributed by atoms with Crippen LogP contribution in [0.1, 0.15) is 0 Å². The van der Waals surface area contributed by atoms with E-state index in [1.54, 1.807) is 12.1 Å². The number of nitroso groups, excluding NO2 is 1. The minimum absolute atomic E-state index is 0.130. The summed E-state index contributed by atoms with van der Waals surface area (Å²) >= 11 is 0. The SMILES string of the molecule is O=Nc1cccc2c(=O)[nH]oc12. The summed E-state index contributed by atoms with van der Waals surface area (Å²) < 4.78 is 4.74. The number of H-pyrrole nitrogens is 1. The molecule has 12 heavy (non-hydrogen) atoms. The van der Waals surface area contributed by atoms with E-state index in [4.69, 9.17) is 4.52 Å². The summed E-state index contributed by atoms with van der Waals surface area (Å²) in [7, 11) is 0. The summed E-state index contributed by atoms with van der Waals surface area (Å²) in [6, 6.07) is 4.61. The monoisotopic (exact) mass is 164 g/mol. The second kappa shape index (κ2) is 2.30. The lowest BCUT2D eigenvalue weighted by Crippen LogP contribution is -1.95. The maximum atomic E-state index is 11.0. The molecule has 5 nitrogen and oxygen atoms in total. The highest BCUT2D eigenvalue weighted by Gasteiger charge is 2.07. The smallest absolute Gasteiger partial charge is 0.287 e. The van der Waals surface area contributed by atoms with Gasteiger partial charge in [-0.2, -0.15) is 5.16 Å². The van der Waals surface area contributed by atoms with Crippen LogP contribution < -0.4 is 5.56 Å². The molecule has 0 aliphatic carbocycles. The van der Waals surface area contributed by atoms with Crippen molar-refractivity contribution in [2.24, 2.45) is 5.18 Å². The number of nitrogens with zero attached hydrogens (tertiary/aromatic N) is 1. The number of aromatic nitrogens is 1. The topological polar surface area (TPSA) is 75.4 Å². The molecule has 1 N–H and O–H groups in total. The average Bonchev–Trinajstić information content (AvgIpc) is 2.48. The van der Waals surface area contributed by atoms with Gasteiger partial charge >= 0.3 is 0 Å². The van der Waals surface area contributed by atoms with E-state index < -0.39 is 0 Å². The first-order chi connectivity index (χ1) is 5.83. The van der Waals surface area contributed by atoms with E-state index in [-0.39, 0.29) is 16.8 Å². The molecular weight excluding hydrogens is 160 g/mol. The van der Waals surface area contributed by atoms with E-state index in [1.165, 1.54) is 6.07 Å². The van der Waals surface area contributed by atoms with Crippen molar-refractivity contribution in [1.82, 2.24) is 5.16 Å². The van der Waals surface area contributed by atoms with Gasteiger partial charge in [-0.05, 0) is 17.3 Å². The summed E-state index contributed by atoms with van der Waals surface area (Å²) in [5, 5.41) is 5.17. The van der Waals surface area contributed by atoms with Crippen molar-refractivity contribution >= 4 is 16.7 Å². The van der Waals surface area contributed by atoms with Gasteiger partial charge in [-0.1, -0.05) is 6.07 Å². The third-order valence-corrected chi connectivity index (χ3v) is 1.58. The van der Waals surface area contributed by atoms with Crippen LogP contribution in [-0.2, 0) is 0 Å². The minimum atomic E-state index is -0.351. The molecule has 2 aromatic rings. The highest BCUT2D eigenvalue weighted by Crippen LogP contribution is 2.22. The highest BCUT2D eigenvalue weighted by atomic mass is 16.5. The fourth-order valence-electron chi connectivity index (χ4n) is 1.04. The fraction of sp³-hybridized carbons (Fsp3) is 0. The van der Waals surface area contributed by atoms with Gasteiger partial charge in [-0.3, -0.25) is 4.79 Å². The first-order valence-corrected chi connectivity index (χ1v) is 3.26. The number of benzene rings is 1. The van der Waals surface area contributed by atoms with E-state index in [2.05, 4.69) is 10.3 Å². The Balaban J connectivity index is 2.99. The Labute approximate surface area is 65.9 Å². The molecule has 0 amide bonds. The van der Waals surface area contributed by atoms with Crippen LogP contribution in [0.2, 0.25) is 0 Å².